The summed E-state index contributed by atoms with van der Waals surface area (Å²) >= 11 is 0. The Hall–Kier alpha value is -1.75. The lowest BCUT2D eigenvalue weighted by molar-refractivity contribution is -0.124. The van der Waals surface area contributed by atoms with Crippen LogP contribution in [0.1, 0.15) is 26.3 Å². The fourth-order valence-corrected chi connectivity index (χ4v) is 1.73. The van der Waals surface area contributed by atoms with Crippen LogP contribution in [0.3, 0.4) is 0 Å². The standard InChI is InChI=1S/C15H24N2O3/c1-15(2,3)17-14(18)10-20-13-8-12(19-5)7-6-11(13)9-16-4/h6-8,16H,9-10H2,1-5H3,(H,17,18). The molecule has 0 atom stereocenters. The predicted molar refractivity (Wildman–Crippen MR) is 79.1 cm³/mol. The Bertz CT molecular complexity index is 453. The molecule has 0 aromatic heterocycles. The molecule has 0 saturated heterocycles. The maximum Gasteiger partial charge on any atom is 0.258 e. The van der Waals surface area contributed by atoms with Gasteiger partial charge in [0.05, 0.1) is 7.11 Å². The quantitative estimate of drug-likeness (QED) is 0.833. The molecule has 1 rings (SSSR count). The lowest BCUT2D eigenvalue weighted by atomic mass is 10.1. The van der Waals surface area contributed by atoms with E-state index in [1.54, 1.807) is 13.2 Å². The number of rotatable bonds is 6. The summed E-state index contributed by atoms with van der Waals surface area (Å²) in [6, 6.07) is 5.58. The Kier molecular flexibility index (Phi) is 5.82. The Balaban J connectivity index is 2.72. The first-order chi connectivity index (χ1) is 9.35. The fourth-order valence-electron chi connectivity index (χ4n) is 1.73. The highest BCUT2D eigenvalue weighted by Crippen LogP contribution is 2.24. The van der Waals surface area contributed by atoms with Crippen LogP contribution in [-0.2, 0) is 11.3 Å². The van der Waals surface area contributed by atoms with Crippen molar-refractivity contribution < 1.29 is 14.3 Å². The normalized spacial score (nSPS) is 11.1. The van der Waals surface area contributed by atoms with Gasteiger partial charge in [0, 0.05) is 23.7 Å². The highest BCUT2D eigenvalue weighted by atomic mass is 16.5. The Morgan fingerprint density at radius 3 is 2.55 bits per heavy atom. The van der Waals surface area contributed by atoms with Crippen molar-refractivity contribution in [3.8, 4) is 11.5 Å². The Morgan fingerprint density at radius 2 is 2.00 bits per heavy atom. The molecule has 0 fully saturated rings. The minimum absolute atomic E-state index is 0.0127. The van der Waals surface area contributed by atoms with Gasteiger partial charge in [0.15, 0.2) is 6.61 Å². The lowest BCUT2D eigenvalue weighted by Crippen LogP contribution is -2.43. The molecule has 0 radical (unpaired) electrons. The van der Waals surface area contributed by atoms with Crippen LogP contribution < -0.4 is 20.1 Å². The number of hydrogen-bond donors (Lipinski definition) is 2. The summed E-state index contributed by atoms with van der Waals surface area (Å²) in [5.74, 6) is 1.22. The van der Waals surface area contributed by atoms with Gasteiger partial charge in [-0.25, -0.2) is 0 Å². The SMILES string of the molecule is CNCc1ccc(OC)cc1OCC(=O)NC(C)(C)C. The van der Waals surface area contributed by atoms with Gasteiger partial charge >= 0.3 is 0 Å². The number of carbonyl (C=O) groups excluding carboxylic acids is 1. The van der Waals surface area contributed by atoms with Crippen molar-refractivity contribution in [3.63, 3.8) is 0 Å². The smallest absolute Gasteiger partial charge is 0.258 e. The Labute approximate surface area is 120 Å². The van der Waals surface area contributed by atoms with Gasteiger partial charge in [-0.2, -0.15) is 0 Å². The first kappa shape index (κ1) is 16.3. The van der Waals surface area contributed by atoms with E-state index in [9.17, 15) is 4.79 Å². The molecule has 2 N–H and O–H groups in total. The molecule has 0 saturated carbocycles. The van der Waals surface area contributed by atoms with Crippen LogP contribution in [-0.4, -0.2) is 32.2 Å². The minimum Gasteiger partial charge on any atom is -0.497 e. The van der Waals surface area contributed by atoms with E-state index in [4.69, 9.17) is 9.47 Å². The van der Waals surface area contributed by atoms with E-state index in [-0.39, 0.29) is 18.1 Å². The van der Waals surface area contributed by atoms with Gasteiger partial charge in [-0.05, 0) is 33.9 Å². The van der Waals surface area contributed by atoms with Crippen molar-refractivity contribution in [2.24, 2.45) is 0 Å². The van der Waals surface area contributed by atoms with Crippen LogP contribution in [0, 0.1) is 0 Å². The van der Waals surface area contributed by atoms with Crippen LogP contribution in [0.15, 0.2) is 18.2 Å². The molecule has 0 unspecified atom stereocenters. The number of methoxy groups -OCH3 is 1. The van der Waals surface area contributed by atoms with Crippen molar-refractivity contribution in [1.82, 2.24) is 10.6 Å². The van der Waals surface area contributed by atoms with E-state index in [2.05, 4.69) is 10.6 Å². The monoisotopic (exact) mass is 280 g/mol. The summed E-state index contributed by atoms with van der Waals surface area (Å²) < 4.78 is 10.8. The maximum absolute atomic E-state index is 11.8. The molecule has 1 aromatic carbocycles. The molecule has 0 aliphatic heterocycles. The molecule has 0 aliphatic rings. The van der Waals surface area contributed by atoms with Crippen LogP contribution in [0.5, 0.6) is 11.5 Å². The fraction of sp³-hybridized carbons (Fsp3) is 0.533. The molecule has 20 heavy (non-hydrogen) atoms. The first-order valence-electron chi connectivity index (χ1n) is 6.61. The van der Waals surface area contributed by atoms with Gasteiger partial charge in [0.25, 0.3) is 5.91 Å². The highest BCUT2D eigenvalue weighted by molar-refractivity contribution is 5.78. The van der Waals surface area contributed by atoms with Crippen molar-refractivity contribution in [1.29, 1.82) is 0 Å². The zero-order valence-corrected chi connectivity index (χ0v) is 12.9. The van der Waals surface area contributed by atoms with Crippen LogP contribution in [0.25, 0.3) is 0 Å². The van der Waals surface area contributed by atoms with Gasteiger partial charge in [-0.15, -0.1) is 0 Å². The van der Waals surface area contributed by atoms with Crippen molar-refractivity contribution >= 4 is 5.91 Å². The second-order valence-corrected chi connectivity index (χ2v) is 5.59. The molecule has 0 bridgehead atoms. The van der Waals surface area contributed by atoms with E-state index in [1.165, 1.54) is 0 Å². The molecule has 112 valence electrons. The number of carbonyl (C=O) groups is 1. The predicted octanol–water partition coefficient (Wildman–Crippen LogP) is 1.71. The van der Waals surface area contributed by atoms with Gasteiger partial charge < -0.3 is 20.1 Å². The van der Waals surface area contributed by atoms with Gasteiger partial charge in [0.2, 0.25) is 0 Å². The first-order valence-corrected chi connectivity index (χ1v) is 6.61. The van der Waals surface area contributed by atoms with Crippen LogP contribution in [0.2, 0.25) is 0 Å². The third-order valence-corrected chi connectivity index (χ3v) is 2.51. The molecule has 0 spiro atoms. The second kappa shape index (κ2) is 7.14. The lowest BCUT2D eigenvalue weighted by Gasteiger charge is -2.21. The van der Waals surface area contributed by atoms with E-state index >= 15 is 0 Å². The van der Waals surface area contributed by atoms with Crippen molar-refractivity contribution in [2.75, 3.05) is 20.8 Å². The maximum atomic E-state index is 11.8. The largest absolute Gasteiger partial charge is 0.497 e. The summed E-state index contributed by atoms with van der Waals surface area (Å²) in [5, 5.41) is 5.93. The van der Waals surface area contributed by atoms with E-state index in [1.807, 2.05) is 40.0 Å². The van der Waals surface area contributed by atoms with E-state index in [0.717, 1.165) is 5.56 Å². The molecule has 5 nitrogen and oxygen atoms in total. The average molecular weight is 280 g/mol. The van der Waals surface area contributed by atoms with Gasteiger partial charge in [-0.3, -0.25) is 4.79 Å². The molecule has 5 heteroatoms. The number of hydrogen-bond acceptors (Lipinski definition) is 4. The third kappa shape index (κ3) is 5.48. The topological polar surface area (TPSA) is 59.6 Å². The average Bonchev–Trinajstić information content (AvgIpc) is 2.36. The zero-order chi connectivity index (χ0) is 15.2. The van der Waals surface area contributed by atoms with Crippen molar-refractivity contribution in [2.45, 2.75) is 32.9 Å². The summed E-state index contributed by atoms with van der Waals surface area (Å²) in [5.41, 5.74) is 0.722. The number of amides is 1. The van der Waals surface area contributed by atoms with Crippen LogP contribution >= 0.6 is 0 Å². The molecular weight excluding hydrogens is 256 g/mol. The summed E-state index contributed by atoms with van der Waals surface area (Å²) in [4.78, 5) is 11.8. The van der Waals surface area contributed by atoms with Crippen LogP contribution in [0.4, 0.5) is 0 Å². The minimum atomic E-state index is -0.261. The summed E-state index contributed by atoms with van der Waals surface area (Å²) in [7, 11) is 3.46. The van der Waals surface area contributed by atoms with Gasteiger partial charge in [-0.1, -0.05) is 6.07 Å². The summed E-state index contributed by atoms with van der Waals surface area (Å²) in [6.45, 7) is 6.45. The second-order valence-electron chi connectivity index (χ2n) is 5.59. The van der Waals surface area contributed by atoms with Crippen molar-refractivity contribution in [3.05, 3.63) is 23.8 Å². The number of ether oxygens (including phenoxy) is 2. The van der Waals surface area contributed by atoms with E-state index < -0.39 is 0 Å². The number of nitrogens with one attached hydrogen (secondary N) is 2. The Morgan fingerprint density at radius 1 is 1.30 bits per heavy atom. The molecular formula is C15H24N2O3. The van der Waals surface area contributed by atoms with E-state index in [0.29, 0.717) is 18.0 Å². The molecule has 0 heterocycles. The molecule has 1 aromatic rings. The number of benzene rings is 1. The summed E-state index contributed by atoms with van der Waals surface area (Å²) in [6.07, 6.45) is 0. The molecule has 1 amide bonds. The molecule has 0 aliphatic carbocycles. The van der Waals surface area contributed by atoms with Gasteiger partial charge in [0.1, 0.15) is 11.5 Å². The third-order valence-electron chi connectivity index (χ3n) is 2.51. The zero-order valence-electron chi connectivity index (χ0n) is 12.9. The highest BCUT2D eigenvalue weighted by Gasteiger charge is 2.15.